The molecule has 0 atom stereocenters. The molecule has 164 valence electrons. The molecule has 0 aromatic heterocycles. The van der Waals surface area contributed by atoms with Crippen LogP contribution in [0.4, 0.5) is 0 Å². The maximum Gasteiger partial charge on any atom is 0.119 e. The fraction of sp³-hybridized carbons (Fsp3) is 0.0667. The lowest BCUT2D eigenvalue weighted by Gasteiger charge is -2.07. The SMILES string of the molecule is C(=Cc1ccccc1)COc1ccc(Sc2ccc(OCC=Cc3ccccc3)cc2)cc1. The summed E-state index contributed by atoms with van der Waals surface area (Å²) in [5.41, 5.74) is 2.35. The monoisotopic (exact) mass is 450 g/mol. The Kier molecular flexibility index (Phi) is 8.44. The summed E-state index contributed by atoms with van der Waals surface area (Å²) in [5, 5.41) is 0. The lowest BCUT2D eigenvalue weighted by Crippen LogP contribution is -1.93. The van der Waals surface area contributed by atoms with Gasteiger partial charge in [0.25, 0.3) is 0 Å². The van der Waals surface area contributed by atoms with Crippen molar-refractivity contribution in [1.29, 1.82) is 0 Å². The van der Waals surface area contributed by atoms with E-state index in [9.17, 15) is 0 Å². The predicted molar refractivity (Wildman–Crippen MR) is 139 cm³/mol. The molecule has 0 unspecified atom stereocenters. The van der Waals surface area contributed by atoms with Crippen LogP contribution in [0, 0.1) is 0 Å². The summed E-state index contributed by atoms with van der Waals surface area (Å²) in [4.78, 5) is 2.34. The molecular weight excluding hydrogens is 424 g/mol. The lowest BCUT2D eigenvalue weighted by molar-refractivity contribution is 0.363. The van der Waals surface area contributed by atoms with Crippen LogP contribution < -0.4 is 9.47 Å². The van der Waals surface area contributed by atoms with E-state index >= 15 is 0 Å². The molecule has 0 spiro atoms. The minimum atomic E-state index is 0.545. The number of hydrogen-bond donors (Lipinski definition) is 0. The zero-order valence-corrected chi connectivity index (χ0v) is 19.2. The minimum absolute atomic E-state index is 0.545. The van der Waals surface area contributed by atoms with Gasteiger partial charge >= 0.3 is 0 Å². The predicted octanol–water partition coefficient (Wildman–Crippen LogP) is 8.02. The second-order valence-electron chi connectivity index (χ2n) is 7.29. The molecule has 0 amide bonds. The smallest absolute Gasteiger partial charge is 0.119 e. The molecule has 0 bridgehead atoms. The van der Waals surface area contributed by atoms with Crippen LogP contribution in [-0.2, 0) is 0 Å². The van der Waals surface area contributed by atoms with Crippen molar-refractivity contribution in [2.45, 2.75) is 9.79 Å². The molecule has 4 aromatic rings. The lowest BCUT2D eigenvalue weighted by atomic mass is 10.2. The number of ether oxygens (including phenoxy) is 2. The highest BCUT2D eigenvalue weighted by atomic mass is 32.2. The van der Waals surface area contributed by atoms with Gasteiger partial charge in [0.2, 0.25) is 0 Å². The third-order valence-electron chi connectivity index (χ3n) is 4.80. The summed E-state index contributed by atoms with van der Waals surface area (Å²) in [6, 6.07) is 36.8. The van der Waals surface area contributed by atoms with Crippen molar-refractivity contribution < 1.29 is 9.47 Å². The minimum Gasteiger partial charge on any atom is -0.490 e. The molecule has 2 nitrogen and oxygen atoms in total. The molecule has 33 heavy (non-hydrogen) atoms. The molecule has 0 saturated carbocycles. The van der Waals surface area contributed by atoms with Gasteiger partial charge in [-0.25, -0.2) is 0 Å². The second-order valence-corrected chi connectivity index (χ2v) is 8.44. The van der Waals surface area contributed by atoms with Crippen LogP contribution in [0.15, 0.2) is 131 Å². The highest BCUT2D eigenvalue weighted by Crippen LogP contribution is 2.30. The Labute approximate surface area is 200 Å². The van der Waals surface area contributed by atoms with Crippen LogP contribution in [0.5, 0.6) is 11.5 Å². The van der Waals surface area contributed by atoms with Crippen molar-refractivity contribution >= 4 is 23.9 Å². The molecule has 0 aliphatic carbocycles. The maximum atomic E-state index is 5.81. The number of rotatable bonds is 10. The van der Waals surface area contributed by atoms with Crippen molar-refractivity contribution in [2.24, 2.45) is 0 Å². The molecule has 4 rings (SSSR count). The topological polar surface area (TPSA) is 18.5 Å². The van der Waals surface area contributed by atoms with Crippen LogP contribution in [0.25, 0.3) is 12.2 Å². The standard InChI is InChI=1S/C30H26O2S/c1-3-9-25(10-4-1)13-7-23-31-27-15-19-29(20-16-27)33-30-21-17-28(18-22-30)32-24-8-14-26-11-5-2-6-12-26/h1-22H,23-24H2. The molecule has 0 aliphatic heterocycles. The fourth-order valence-corrected chi connectivity index (χ4v) is 3.95. The van der Waals surface area contributed by atoms with Gasteiger partial charge in [-0.2, -0.15) is 0 Å². The second kappa shape index (κ2) is 12.4. The zero-order valence-electron chi connectivity index (χ0n) is 18.3. The summed E-state index contributed by atoms with van der Waals surface area (Å²) < 4.78 is 11.6. The van der Waals surface area contributed by atoms with E-state index in [1.807, 2.05) is 72.8 Å². The third kappa shape index (κ3) is 7.74. The molecule has 0 radical (unpaired) electrons. The molecule has 4 aromatic carbocycles. The Morgan fingerprint density at radius 1 is 0.485 bits per heavy atom. The van der Waals surface area contributed by atoms with E-state index in [0.29, 0.717) is 13.2 Å². The molecular formula is C30H26O2S. The summed E-state index contributed by atoms with van der Waals surface area (Å²) in [5.74, 6) is 1.73. The van der Waals surface area contributed by atoms with E-state index in [2.05, 4.69) is 60.7 Å². The average Bonchev–Trinajstić information content (AvgIpc) is 2.88. The first-order chi connectivity index (χ1) is 16.3. The average molecular weight is 451 g/mol. The van der Waals surface area contributed by atoms with E-state index in [0.717, 1.165) is 11.5 Å². The summed E-state index contributed by atoms with van der Waals surface area (Å²) in [6.45, 7) is 1.09. The van der Waals surface area contributed by atoms with Gasteiger partial charge in [-0.05, 0) is 71.8 Å². The van der Waals surface area contributed by atoms with E-state index in [1.54, 1.807) is 11.8 Å². The van der Waals surface area contributed by atoms with Gasteiger partial charge in [0.1, 0.15) is 24.7 Å². The highest BCUT2D eigenvalue weighted by molar-refractivity contribution is 7.99. The van der Waals surface area contributed by atoms with E-state index in [-0.39, 0.29) is 0 Å². The summed E-state index contributed by atoms with van der Waals surface area (Å²) >= 11 is 1.72. The van der Waals surface area contributed by atoms with E-state index in [4.69, 9.17) is 9.47 Å². The molecule has 0 aliphatic rings. The van der Waals surface area contributed by atoms with Gasteiger partial charge in [-0.15, -0.1) is 0 Å². The quantitative estimate of drug-likeness (QED) is 0.244. The first kappa shape index (κ1) is 22.5. The van der Waals surface area contributed by atoms with Gasteiger partial charge in [-0.3, -0.25) is 0 Å². The van der Waals surface area contributed by atoms with Gasteiger partial charge < -0.3 is 9.47 Å². The Morgan fingerprint density at radius 3 is 1.27 bits per heavy atom. The van der Waals surface area contributed by atoms with Gasteiger partial charge in [0, 0.05) is 9.79 Å². The summed E-state index contributed by atoms with van der Waals surface area (Å²) in [6.07, 6.45) is 8.19. The van der Waals surface area contributed by atoms with Crippen molar-refractivity contribution in [3.8, 4) is 11.5 Å². The van der Waals surface area contributed by atoms with Crippen LogP contribution in [0.3, 0.4) is 0 Å². The largest absolute Gasteiger partial charge is 0.490 e. The Bertz CT molecular complexity index is 1050. The van der Waals surface area contributed by atoms with Crippen molar-refractivity contribution in [3.63, 3.8) is 0 Å². The van der Waals surface area contributed by atoms with Crippen LogP contribution in [0.2, 0.25) is 0 Å². The van der Waals surface area contributed by atoms with Gasteiger partial charge in [0.15, 0.2) is 0 Å². The van der Waals surface area contributed by atoms with E-state index in [1.165, 1.54) is 20.9 Å². The number of benzene rings is 4. The third-order valence-corrected chi connectivity index (χ3v) is 5.81. The van der Waals surface area contributed by atoms with Crippen molar-refractivity contribution in [2.75, 3.05) is 13.2 Å². The van der Waals surface area contributed by atoms with Gasteiger partial charge in [-0.1, -0.05) is 84.6 Å². The first-order valence-electron chi connectivity index (χ1n) is 10.9. The first-order valence-corrected chi connectivity index (χ1v) is 11.7. The Hall–Kier alpha value is -3.69. The molecule has 3 heteroatoms. The molecule has 0 fully saturated rings. The van der Waals surface area contributed by atoms with Gasteiger partial charge in [0.05, 0.1) is 0 Å². The van der Waals surface area contributed by atoms with Crippen LogP contribution in [0.1, 0.15) is 11.1 Å². The molecule has 0 N–H and O–H groups in total. The van der Waals surface area contributed by atoms with Crippen molar-refractivity contribution in [3.05, 3.63) is 132 Å². The van der Waals surface area contributed by atoms with E-state index < -0.39 is 0 Å². The van der Waals surface area contributed by atoms with Crippen LogP contribution in [-0.4, -0.2) is 13.2 Å². The maximum absolute atomic E-state index is 5.81. The zero-order chi connectivity index (χ0) is 22.6. The molecule has 0 heterocycles. The Morgan fingerprint density at radius 2 is 0.879 bits per heavy atom. The van der Waals surface area contributed by atoms with Crippen LogP contribution >= 0.6 is 11.8 Å². The normalized spacial score (nSPS) is 11.2. The molecule has 0 saturated heterocycles. The highest BCUT2D eigenvalue weighted by Gasteiger charge is 2.00. The number of hydrogen-bond acceptors (Lipinski definition) is 3. The van der Waals surface area contributed by atoms with Crippen molar-refractivity contribution in [1.82, 2.24) is 0 Å². The fourth-order valence-electron chi connectivity index (χ4n) is 3.13. The Balaban J connectivity index is 1.21. The summed E-state index contributed by atoms with van der Waals surface area (Å²) in [7, 11) is 0.